The summed E-state index contributed by atoms with van der Waals surface area (Å²) in [7, 11) is 0. The van der Waals surface area contributed by atoms with E-state index in [4.69, 9.17) is 16.6 Å². The molecule has 1 aromatic rings. The van der Waals surface area contributed by atoms with Gasteiger partial charge in [-0.05, 0) is 11.6 Å². The van der Waals surface area contributed by atoms with Gasteiger partial charge in [0.25, 0.3) is 0 Å². The quantitative estimate of drug-likeness (QED) is 0.536. The van der Waals surface area contributed by atoms with Crippen molar-refractivity contribution in [3.63, 3.8) is 0 Å². The molecular formula is C8H11N3O2. The summed E-state index contributed by atoms with van der Waals surface area (Å²) in [5, 5.41) is 8.63. The monoisotopic (exact) mass is 181 g/mol. The fourth-order valence-electron chi connectivity index (χ4n) is 0.916. The highest BCUT2D eigenvalue weighted by atomic mass is 16.4. The molecule has 0 saturated carbocycles. The van der Waals surface area contributed by atoms with Gasteiger partial charge in [-0.15, -0.1) is 0 Å². The van der Waals surface area contributed by atoms with Crippen molar-refractivity contribution in [2.75, 3.05) is 0 Å². The molecule has 0 spiro atoms. The summed E-state index contributed by atoms with van der Waals surface area (Å²) < 4.78 is 0. The third-order valence-corrected chi connectivity index (χ3v) is 1.62. The van der Waals surface area contributed by atoms with Crippen molar-refractivity contribution in [3.05, 3.63) is 30.1 Å². The highest BCUT2D eigenvalue weighted by Gasteiger charge is 2.28. The number of carboxylic acids is 1. The van der Waals surface area contributed by atoms with E-state index in [-0.39, 0.29) is 6.42 Å². The van der Waals surface area contributed by atoms with Crippen molar-refractivity contribution in [3.8, 4) is 0 Å². The van der Waals surface area contributed by atoms with Gasteiger partial charge in [-0.2, -0.15) is 0 Å². The largest absolute Gasteiger partial charge is 0.479 e. The molecule has 13 heavy (non-hydrogen) atoms. The Kier molecular flexibility index (Phi) is 2.60. The van der Waals surface area contributed by atoms with Gasteiger partial charge in [-0.3, -0.25) is 4.98 Å². The maximum absolute atomic E-state index is 10.6. The summed E-state index contributed by atoms with van der Waals surface area (Å²) >= 11 is 0. The lowest BCUT2D eigenvalue weighted by molar-refractivity contribution is -0.143. The van der Waals surface area contributed by atoms with Crippen molar-refractivity contribution < 1.29 is 9.90 Å². The third kappa shape index (κ3) is 2.50. The zero-order valence-electron chi connectivity index (χ0n) is 6.97. The van der Waals surface area contributed by atoms with Gasteiger partial charge < -0.3 is 16.6 Å². The average molecular weight is 181 g/mol. The van der Waals surface area contributed by atoms with Crippen LogP contribution in [0.1, 0.15) is 5.56 Å². The van der Waals surface area contributed by atoms with Crippen molar-refractivity contribution in [2.45, 2.75) is 12.1 Å². The average Bonchev–Trinajstić information content (AvgIpc) is 2.05. The van der Waals surface area contributed by atoms with E-state index in [0.29, 0.717) is 5.56 Å². The molecule has 0 amide bonds. The van der Waals surface area contributed by atoms with Crippen LogP contribution in [0, 0.1) is 0 Å². The lowest BCUT2D eigenvalue weighted by Crippen LogP contribution is -2.58. The first-order chi connectivity index (χ1) is 6.02. The molecule has 0 aliphatic rings. The highest BCUT2D eigenvalue weighted by molar-refractivity contribution is 5.77. The van der Waals surface area contributed by atoms with E-state index in [1.807, 2.05) is 0 Å². The van der Waals surface area contributed by atoms with Crippen molar-refractivity contribution in [2.24, 2.45) is 11.5 Å². The predicted octanol–water partition coefficient (Wildman–Crippen LogP) is -0.678. The first-order valence-corrected chi connectivity index (χ1v) is 3.72. The molecular weight excluding hydrogens is 170 g/mol. The zero-order valence-corrected chi connectivity index (χ0v) is 6.97. The number of hydrogen-bond acceptors (Lipinski definition) is 4. The van der Waals surface area contributed by atoms with Gasteiger partial charge in [0.15, 0.2) is 5.66 Å². The van der Waals surface area contributed by atoms with Crippen LogP contribution in [-0.2, 0) is 11.2 Å². The normalized spacial score (nSPS) is 11.2. The second kappa shape index (κ2) is 3.51. The molecule has 0 aromatic carbocycles. The topological polar surface area (TPSA) is 102 Å². The predicted molar refractivity (Wildman–Crippen MR) is 46.7 cm³/mol. The smallest absolute Gasteiger partial charge is 0.338 e. The number of aromatic nitrogens is 1. The van der Waals surface area contributed by atoms with Crippen LogP contribution >= 0.6 is 0 Å². The fourth-order valence-corrected chi connectivity index (χ4v) is 0.916. The van der Waals surface area contributed by atoms with Crippen molar-refractivity contribution in [1.82, 2.24) is 4.98 Å². The van der Waals surface area contributed by atoms with Crippen LogP contribution in [0.25, 0.3) is 0 Å². The molecule has 5 heteroatoms. The second-order valence-electron chi connectivity index (χ2n) is 2.88. The van der Waals surface area contributed by atoms with E-state index >= 15 is 0 Å². The maximum Gasteiger partial charge on any atom is 0.338 e. The Morgan fingerprint density at radius 1 is 1.62 bits per heavy atom. The molecule has 5 N–H and O–H groups in total. The lowest BCUT2D eigenvalue weighted by atomic mass is 10.0. The fraction of sp³-hybridized carbons (Fsp3) is 0.250. The van der Waals surface area contributed by atoms with Gasteiger partial charge in [-0.1, -0.05) is 6.07 Å². The second-order valence-corrected chi connectivity index (χ2v) is 2.88. The van der Waals surface area contributed by atoms with Gasteiger partial charge in [-0.25, -0.2) is 4.79 Å². The molecule has 1 rings (SSSR count). The minimum atomic E-state index is -1.72. The summed E-state index contributed by atoms with van der Waals surface area (Å²) in [6.45, 7) is 0. The molecule has 0 saturated heterocycles. The molecule has 1 heterocycles. The Labute approximate surface area is 75.4 Å². The van der Waals surface area contributed by atoms with E-state index in [1.54, 1.807) is 18.3 Å². The Morgan fingerprint density at radius 3 is 2.77 bits per heavy atom. The number of nitrogens with zero attached hydrogens (tertiary/aromatic N) is 1. The van der Waals surface area contributed by atoms with Gasteiger partial charge in [0.1, 0.15) is 0 Å². The Hall–Kier alpha value is -1.46. The molecule has 0 unspecified atom stereocenters. The van der Waals surface area contributed by atoms with E-state index in [1.165, 1.54) is 6.20 Å². The van der Waals surface area contributed by atoms with Crippen LogP contribution in [0.3, 0.4) is 0 Å². The summed E-state index contributed by atoms with van der Waals surface area (Å²) in [5.74, 6) is -1.23. The highest BCUT2D eigenvalue weighted by Crippen LogP contribution is 2.04. The molecule has 0 radical (unpaired) electrons. The Bertz CT molecular complexity index is 298. The summed E-state index contributed by atoms with van der Waals surface area (Å²) in [4.78, 5) is 14.4. The SMILES string of the molecule is NC(N)(Cc1cccnc1)C(=O)O. The summed E-state index contributed by atoms with van der Waals surface area (Å²) in [6, 6.07) is 3.43. The van der Waals surface area contributed by atoms with Crippen LogP contribution in [0.2, 0.25) is 0 Å². The third-order valence-electron chi connectivity index (χ3n) is 1.62. The van der Waals surface area contributed by atoms with Crippen LogP contribution in [0.4, 0.5) is 0 Å². The molecule has 0 aliphatic carbocycles. The Balaban J connectivity index is 2.75. The van der Waals surface area contributed by atoms with Crippen LogP contribution in [-0.4, -0.2) is 21.7 Å². The molecule has 0 atom stereocenters. The standard InChI is InChI=1S/C8H11N3O2/c9-8(10,7(12)13)4-6-2-1-3-11-5-6/h1-3,5H,4,9-10H2,(H,12,13). The number of carboxylic acid groups (broad SMARTS) is 1. The van der Waals surface area contributed by atoms with Gasteiger partial charge in [0, 0.05) is 18.8 Å². The lowest BCUT2D eigenvalue weighted by Gasteiger charge is -2.18. The first-order valence-electron chi connectivity index (χ1n) is 3.72. The molecule has 5 nitrogen and oxygen atoms in total. The summed E-state index contributed by atoms with van der Waals surface area (Å²) in [5.41, 5.74) is 9.67. The van der Waals surface area contributed by atoms with E-state index < -0.39 is 11.6 Å². The number of rotatable bonds is 3. The van der Waals surface area contributed by atoms with E-state index in [0.717, 1.165) is 0 Å². The first kappa shape index (κ1) is 9.63. The summed E-state index contributed by atoms with van der Waals surface area (Å²) in [6.07, 6.45) is 3.20. The maximum atomic E-state index is 10.6. The molecule has 0 bridgehead atoms. The van der Waals surface area contributed by atoms with Gasteiger partial charge in [0.2, 0.25) is 0 Å². The minimum Gasteiger partial charge on any atom is -0.479 e. The van der Waals surface area contributed by atoms with Gasteiger partial charge in [0.05, 0.1) is 0 Å². The van der Waals surface area contributed by atoms with Crippen molar-refractivity contribution >= 4 is 5.97 Å². The van der Waals surface area contributed by atoms with Crippen LogP contribution in [0.15, 0.2) is 24.5 Å². The van der Waals surface area contributed by atoms with Crippen LogP contribution < -0.4 is 11.5 Å². The number of carbonyl (C=O) groups is 1. The minimum absolute atomic E-state index is 0.0656. The van der Waals surface area contributed by atoms with Gasteiger partial charge >= 0.3 is 5.97 Å². The van der Waals surface area contributed by atoms with Crippen molar-refractivity contribution in [1.29, 1.82) is 0 Å². The van der Waals surface area contributed by atoms with Crippen LogP contribution in [0.5, 0.6) is 0 Å². The molecule has 0 aliphatic heterocycles. The number of pyridine rings is 1. The zero-order chi connectivity index (χ0) is 9.90. The molecule has 0 fully saturated rings. The number of hydrogen-bond donors (Lipinski definition) is 3. The number of nitrogens with two attached hydrogens (primary N) is 2. The number of aliphatic carboxylic acids is 1. The molecule has 1 aromatic heterocycles. The molecule has 70 valence electrons. The van der Waals surface area contributed by atoms with E-state index in [9.17, 15) is 4.79 Å². The Morgan fingerprint density at radius 2 is 2.31 bits per heavy atom. The van der Waals surface area contributed by atoms with E-state index in [2.05, 4.69) is 4.98 Å².